The van der Waals surface area contributed by atoms with Crippen molar-refractivity contribution in [1.82, 2.24) is 4.98 Å². The van der Waals surface area contributed by atoms with Gasteiger partial charge in [0.25, 0.3) is 0 Å². The summed E-state index contributed by atoms with van der Waals surface area (Å²) in [4.78, 5) is 4.16. The summed E-state index contributed by atoms with van der Waals surface area (Å²) >= 11 is 0. The Morgan fingerprint density at radius 2 is 2.14 bits per heavy atom. The van der Waals surface area contributed by atoms with Crippen molar-refractivity contribution in [2.75, 3.05) is 12.8 Å². The molecule has 4 N–H and O–H groups in total. The lowest BCUT2D eigenvalue weighted by Crippen LogP contribution is -2.14. The highest BCUT2D eigenvalue weighted by Gasteiger charge is 2.18. The number of pyridine rings is 1. The van der Waals surface area contributed by atoms with Gasteiger partial charge in [0, 0.05) is 6.20 Å². The number of aromatic nitrogens is 1. The average molecular weight is 283 g/mol. The molecular weight excluding hydrogens is 266 g/mol. The molecule has 0 bridgehead atoms. The van der Waals surface area contributed by atoms with Gasteiger partial charge in [-0.2, -0.15) is 0 Å². The summed E-state index contributed by atoms with van der Waals surface area (Å²) in [6, 6.07) is 11.2. The van der Waals surface area contributed by atoms with E-state index in [1.807, 2.05) is 36.4 Å². The van der Waals surface area contributed by atoms with E-state index in [1.54, 1.807) is 13.3 Å². The minimum atomic E-state index is -0.327. The molecule has 3 aromatic rings. The molecule has 108 valence electrons. The number of rotatable bonds is 4. The monoisotopic (exact) mass is 283 g/mol. The van der Waals surface area contributed by atoms with Crippen LogP contribution in [0.15, 0.2) is 47.0 Å². The highest BCUT2D eigenvalue weighted by atomic mass is 16.5. The first-order valence-electron chi connectivity index (χ1n) is 6.70. The molecule has 0 aliphatic carbocycles. The molecule has 2 aromatic heterocycles. The summed E-state index contributed by atoms with van der Waals surface area (Å²) in [6.45, 7) is 0. The number of nitrogen functional groups attached to an aromatic ring is 1. The van der Waals surface area contributed by atoms with E-state index in [0.29, 0.717) is 23.6 Å². The van der Waals surface area contributed by atoms with E-state index in [-0.39, 0.29) is 6.04 Å². The average Bonchev–Trinajstić information content (AvgIpc) is 2.85. The number of benzene rings is 1. The van der Waals surface area contributed by atoms with Crippen molar-refractivity contribution in [3.05, 3.63) is 53.9 Å². The van der Waals surface area contributed by atoms with Gasteiger partial charge >= 0.3 is 0 Å². The Labute approximate surface area is 122 Å². The van der Waals surface area contributed by atoms with Gasteiger partial charge in [-0.15, -0.1) is 0 Å². The molecule has 2 heterocycles. The van der Waals surface area contributed by atoms with Crippen molar-refractivity contribution < 1.29 is 9.15 Å². The van der Waals surface area contributed by atoms with Crippen LogP contribution >= 0.6 is 0 Å². The van der Waals surface area contributed by atoms with Gasteiger partial charge in [-0.05, 0) is 36.2 Å². The van der Waals surface area contributed by atoms with E-state index in [1.165, 1.54) is 0 Å². The van der Waals surface area contributed by atoms with Crippen molar-refractivity contribution in [3.8, 4) is 5.75 Å². The molecule has 5 heteroatoms. The van der Waals surface area contributed by atoms with Gasteiger partial charge in [-0.3, -0.25) is 0 Å². The lowest BCUT2D eigenvalue weighted by atomic mass is 10.0. The fourth-order valence-electron chi connectivity index (χ4n) is 2.39. The largest absolute Gasteiger partial charge is 0.497 e. The number of furan rings is 1. The van der Waals surface area contributed by atoms with Gasteiger partial charge in [-0.1, -0.05) is 12.1 Å². The predicted molar refractivity (Wildman–Crippen MR) is 82.0 cm³/mol. The summed E-state index contributed by atoms with van der Waals surface area (Å²) in [5.41, 5.74) is 14.5. The first kappa shape index (κ1) is 13.5. The summed E-state index contributed by atoms with van der Waals surface area (Å²) in [6.07, 6.45) is 2.28. The summed E-state index contributed by atoms with van der Waals surface area (Å²) in [5.74, 6) is 1.38. The first-order valence-corrected chi connectivity index (χ1v) is 6.70. The van der Waals surface area contributed by atoms with Gasteiger partial charge in [0.2, 0.25) is 5.71 Å². The van der Waals surface area contributed by atoms with Crippen molar-refractivity contribution in [3.63, 3.8) is 0 Å². The fraction of sp³-hybridized carbons (Fsp3) is 0.188. The third kappa shape index (κ3) is 2.55. The molecule has 21 heavy (non-hydrogen) atoms. The molecule has 1 aromatic carbocycles. The Bertz CT molecular complexity index is 767. The molecule has 0 saturated carbocycles. The van der Waals surface area contributed by atoms with Crippen LogP contribution in [-0.2, 0) is 6.42 Å². The van der Waals surface area contributed by atoms with Crippen molar-refractivity contribution in [2.45, 2.75) is 12.5 Å². The topological polar surface area (TPSA) is 87.3 Å². The molecule has 0 aliphatic heterocycles. The molecule has 0 spiro atoms. The third-order valence-electron chi connectivity index (χ3n) is 3.46. The van der Waals surface area contributed by atoms with Crippen LogP contribution in [0.25, 0.3) is 11.1 Å². The number of hydrogen-bond acceptors (Lipinski definition) is 5. The van der Waals surface area contributed by atoms with Crippen LogP contribution in [0, 0.1) is 0 Å². The second-order valence-corrected chi connectivity index (χ2v) is 4.90. The number of fused-ring (bicyclic) bond motifs is 1. The number of hydrogen-bond donors (Lipinski definition) is 2. The maximum atomic E-state index is 6.24. The number of anilines is 1. The third-order valence-corrected chi connectivity index (χ3v) is 3.46. The molecule has 5 nitrogen and oxygen atoms in total. The van der Waals surface area contributed by atoms with E-state index >= 15 is 0 Å². The van der Waals surface area contributed by atoms with E-state index in [0.717, 1.165) is 16.7 Å². The van der Waals surface area contributed by atoms with Gasteiger partial charge in [-0.25, -0.2) is 4.98 Å². The van der Waals surface area contributed by atoms with Crippen LogP contribution in [0.3, 0.4) is 0 Å². The second-order valence-electron chi connectivity index (χ2n) is 4.90. The normalized spacial score (nSPS) is 12.5. The minimum absolute atomic E-state index is 0.327. The van der Waals surface area contributed by atoms with Crippen molar-refractivity contribution >= 4 is 16.8 Å². The van der Waals surface area contributed by atoms with Crippen LogP contribution in [0.1, 0.15) is 17.4 Å². The molecule has 0 fully saturated rings. The maximum Gasteiger partial charge on any atom is 0.228 e. The van der Waals surface area contributed by atoms with E-state index < -0.39 is 0 Å². The Morgan fingerprint density at radius 3 is 2.90 bits per heavy atom. The van der Waals surface area contributed by atoms with Crippen LogP contribution < -0.4 is 16.2 Å². The number of methoxy groups -OCH3 is 1. The van der Waals surface area contributed by atoms with Gasteiger partial charge in [0.15, 0.2) is 0 Å². The zero-order valence-corrected chi connectivity index (χ0v) is 11.7. The quantitative estimate of drug-likeness (QED) is 0.768. The fourth-order valence-corrected chi connectivity index (χ4v) is 2.39. The van der Waals surface area contributed by atoms with E-state index in [9.17, 15) is 0 Å². The summed E-state index contributed by atoms with van der Waals surface area (Å²) < 4.78 is 10.9. The molecular formula is C16H17N3O2. The lowest BCUT2D eigenvalue weighted by Gasteiger charge is -2.10. The molecule has 0 amide bonds. The zero-order chi connectivity index (χ0) is 14.8. The van der Waals surface area contributed by atoms with Crippen LogP contribution in [0.5, 0.6) is 5.75 Å². The van der Waals surface area contributed by atoms with E-state index in [4.69, 9.17) is 20.6 Å². The van der Waals surface area contributed by atoms with Gasteiger partial charge in [0.05, 0.1) is 24.2 Å². The smallest absolute Gasteiger partial charge is 0.228 e. The number of nitrogens with two attached hydrogens (primary N) is 2. The highest BCUT2D eigenvalue weighted by Crippen LogP contribution is 2.31. The molecule has 0 radical (unpaired) electrons. The van der Waals surface area contributed by atoms with Crippen molar-refractivity contribution in [2.24, 2.45) is 5.73 Å². The lowest BCUT2D eigenvalue weighted by molar-refractivity contribution is 0.413. The summed E-state index contributed by atoms with van der Waals surface area (Å²) in [5, 5.41) is 0.800. The SMILES string of the molecule is COc1cccc(CC(N)c2oc3ncccc3c2N)c1. The zero-order valence-electron chi connectivity index (χ0n) is 11.7. The van der Waals surface area contributed by atoms with Gasteiger partial charge in [0.1, 0.15) is 11.5 Å². The Hall–Kier alpha value is -2.53. The summed E-state index contributed by atoms with van der Waals surface area (Å²) in [7, 11) is 1.64. The second kappa shape index (κ2) is 5.46. The Balaban J connectivity index is 1.89. The van der Waals surface area contributed by atoms with Crippen LogP contribution in [0.2, 0.25) is 0 Å². The molecule has 1 unspecified atom stereocenters. The van der Waals surface area contributed by atoms with Crippen LogP contribution in [-0.4, -0.2) is 12.1 Å². The number of nitrogens with zero attached hydrogens (tertiary/aromatic N) is 1. The minimum Gasteiger partial charge on any atom is -0.497 e. The number of ether oxygens (including phenoxy) is 1. The first-order chi connectivity index (χ1) is 10.2. The Kier molecular flexibility index (Phi) is 3.50. The molecule has 0 saturated heterocycles. The predicted octanol–water partition coefficient (Wildman–Crippen LogP) is 2.66. The van der Waals surface area contributed by atoms with Crippen molar-refractivity contribution in [1.29, 1.82) is 0 Å². The Morgan fingerprint density at radius 1 is 1.29 bits per heavy atom. The van der Waals surface area contributed by atoms with Crippen LogP contribution in [0.4, 0.5) is 5.69 Å². The standard InChI is InChI=1S/C16H17N3O2/c1-20-11-5-2-4-10(8-11)9-13(17)15-14(18)12-6-3-7-19-16(12)21-15/h2-8,13H,9,17-18H2,1H3. The molecule has 3 rings (SSSR count). The van der Waals surface area contributed by atoms with Gasteiger partial charge < -0.3 is 20.6 Å². The van der Waals surface area contributed by atoms with E-state index in [2.05, 4.69) is 4.98 Å². The molecule has 1 atom stereocenters. The maximum absolute atomic E-state index is 6.24. The highest BCUT2D eigenvalue weighted by molar-refractivity contribution is 5.88. The molecule has 0 aliphatic rings.